The largest absolute Gasteiger partial charge is 0.376 e. The van der Waals surface area contributed by atoms with E-state index in [0.29, 0.717) is 5.02 Å². The first-order valence-electron chi connectivity index (χ1n) is 8.78. The number of rotatable bonds is 5. The van der Waals surface area contributed by atoms with E-state index in [9.17, 15) is 4.79 Å². The van der Waals surface area contributed by atoms with Crippen molar-refractivity contribution in [3.63, 3.8) is 0 Å². The van der Waals surface area contributed by atoms with E-state index in [0.717, 1.165) is 34.0 Å². The number of amides is 1. The van der Waals surface area contributed by atoms with Crippen molar-refractivity contribution in [2.75, 3.05) is 17.2 Å². The van der Waals surface area contributed by atoms with Crippen molar-refractivity contribution in [2.45, 2.75) is 27.7 Å². The first kappa shape index (κ1) is 19.0. The molecule has 5 nitrogen and oxygen atoms in total. The average molecular weight is 383 g/mol. The summed E-state index contributed by atoms with van der Waals surface area (Å²) in [6.45, 7) is 7.97. The smallest absolute Gasteiger partial charge is 0.243 e. The number of hydrogen-bond acceptors (Lipinski definition) is 3. The minimum absolute atomic E-state index is 0.138. The molecule has 0 aliphatic rings. The van der Waals surface area contributed by atoms with Crippen molar-refractivity contribution in [3.8, 4) is 5.69 Å². The van der Waals surface area contributed by atoms with Crippen molar-refractivity contribution in [1.29, 1.82) is 0 Å². The molecule has 1 amide bonds. The Labute approximate surface area is 164 Å². The van der Waals surface area contributed by atoms with Gasteiger partial charge in [-0.2, -0.15) is 5.10 Å². The topological polar surface area (TPSA) is 59.0 Å². The Bertz CT molecular complexity index is 977. The second kappa shape index (κ2) is 7.84. The Hall–Kier alpha value is -2.79. The lowest BCUT2D eigenvalue weighted by Crippen LogP contribution is -2.22. The van der Waals surface area contributed by atoms with Gasteiger partial charge in [0.05, 0.1) is 29.3 Å². The van der Waals surface area contributed by atoms with Crippen LogP contribution >= 0.6 is 11.6 Å². The SMILES string of the molecule is Cc1ccc(-n2nc(C)c(NC(=O)CNc3ccc(C)c(Cl)c3)c2C)cc1. The maximum absolute atomic E-state index is 12.4. The summed E-state index contributed by atoms with van der Waals surface area (Å²) in [7, 11) is 0. The summed E-state index contributed by atoms with van der Waals surface area (Å²) in [6.07, 6.45) is 0. The molecular weight excluding hydrogens is 360 g/mol. The normalized spacial score (nSPS) is 10.7. The number of benzene rings is 2. The van der Waals surface area contributed by atoms with Crippen molar-refractivity contribution < 1.29 is 4.79 Å². The maximum Gasteiger partial charge on any atom is 0.243 e. The predicted molar refractivity (Wildman–Crippen MR) is 111 cm³/mol. The van der Waals surface area contributed by atoms with Gasteiger partial charge in [0, 0.05) is 10.7 Å². The summed E-state index contributed by atoms with van der Waals surface area (Å²) in [4.78, 5) is 12.4. The van der Waals surface area contributed by atoms with Gasteiger partial charge in [-0.1, -0.05) is 35.4 Å². The van der Waals surface area contributed by atoms with E-state index in [2.05, 4.69) is 15.7 Å². The van der Waals surface area contributed by atoms with Crippen LogP contribution in [0.25, 0.3) is 5.69 Å². The first-order valence-corrected chi connectivity index (χ1v) is 9.16. The number of halogens is 1. The lowest BCUT2D eigenvalue weighted by Gasteiger charge is -2.10. The minimum Gasteiger partial charge on any atom is -0.376 e. The molecule has 0 spiro atoms. The van der Waals surface area contributed by atoms with E-state index < -0.39 is 0 Å². The van der Waals surface area contributed by atoms with Crippen molar-refractivity contribution in [2.24, 2.45) is 0 Å². The Kier molecular flexibility index (Phi) is 5.51. The fourth-order valence-corrected chi connectivity index (χ4v) is 3.01. The van der Waals surface area contributed by atoms with Crippen LogP contribution in [-0.4, -0.2) is 22.2 Å². The molecule has 0 unspecified atom stereocenters. The molecule has 140 valence electrons. The molecule has 0 radical (unpaired) electrons. The van der Waals surface area contributed by atoms with Crippen LogP contribution in [0.1, 0.15) is 22.5 Å². The first-order chi connectivity index (χ1) is 12.8. The third-order valence-electron chi connectivity index (χ3n) is 4.46. The number of anilines is 2. The molecule has 2 aromatic carbocycles. The quantitative estimate of drug-likeness (QED) is 0.665. The summed E-state index contributed by atoms with van der Waals surface area (Å²) in [5.74, 6) is -0.138. The highest BCUT2D eigenvalue weighted by Crippen LogP contribution is 2.23. The van der Waals surface area contributed by atoms with E-state index in [1.807, 2.05) is 74.8 Å². The lowest BCUT2D eigenvalue weighted by molar-refractivity contribution is -0.114. The van der Waals surface area contributed by atoms with Crippen LogP contribution in [0.2, 0.25) is 5.02 Å². The second-order valence-corrected chi connectivity index (χ2v) is 7.07. The molecule has 0 bridgehead atoms. The van der Waals surface area contributed by atoms with Crippen molar-refractivity contribution >= 4 is 28.9 Å². The number of hydrogen-bond donors (Lipinski definition) is 2. The molecule has 3 rings (SSSR count). The van der Waals surface area contributed by atoms with Gasteiger partial charge < -0.3 is 10.6 Å². The Morgan fingerprint density at radius 1 is 1.07 bits per heavy atom. The zero-order chi connectivity index (χ0) is 19.6. The van der Waals surface area contributed by atoms with Gasteiger partial charge >= 0.3 is 0 Å². The Morgan fingerprint density at radius 2 is 1.78 bits per heavy atom. The summed E-state index contributed by atoms with van der Waals surface area (Å²) >= 11 is 6.12. The van der Waals surface area contributed by atoms with Crippen LogP contribution < -0.4 is 10.6 Å². The second-order valence-electron chi connectivity index (χ2n) is 6.66. The fraction of sp³-hybridized carbons (Fsp3) is 0.238. The van der Waals surface area contributed by atoms with E-state index in [4.69, 9.17) is 11.6 Å². The molecule has 0 saturated heterocycles. The van der Waals surface area contributed by atoms with E-state index in [1.165, 1.54) is 5.56 Å². The number of carbonyl (C=O) groups is 1. The van der Waals surface area contributed by atoms with Gasteiger partial charge in [-0.15, -0.1) is 0 Å². The number of carbonyl (C=O) groups excluding carboxylic acids is 1. The van der Waals surface area contributed by atoms with Gasteiger partial charge in [-0.3, -0.25) is 4.79 Å². The lowest BCUT2D eigenvalue weighted by atomic mass is 10.2. The van der Waals surface area contributed by atoms with Crippen LogP contribution in [0.4, 0.5) is 11.4 Å². The highest BCUT2D eigenvalue weighted by Gasteiger charge is 2.15. The van der Waals surface area contributed by atoms with Crippen molar-refractivity contribution in [1.82, 2.24) is 9.78 Å². The maximum atomic E-state index is 12.4. The molecule has 0 atom stereocenters. The van der Waals surface area contributed by atoms with E-state index >= 15 is 0 Å². The predicted octanol–water partition coefficient (Wildman–Crippen LogP) is 4.81. The molecule has 1 heterocycles. The van der Waals surface area contributed by atoms with Crippen LogP contribution in [-0.2, 0) is 4.79 Å². The average Bonchev–Trinajstić information content (AvgIpc) is 2.91. The Morgan fingerprint density at radius 3 is 2.44 bits per heavy atom. The highest BCUT2D eigenvalue weighted by atomic mass is 35.5. The van der Waals surface area contributed by atoms with Crippen LogP contribution in [0.5, 0.6) is 0 Å². The molecule has 0 aliphatic heterocycles. The summed E-state index contributed by atoms with van der Waals surface area (Å²) in [5, 5.41) is 11.3. The third kappa shape index (κ3) is 4.31. The van der Waals surface area contributed by atoms with Crippen molar-refractivity contribution in [3.05, 3.63) is 70.0 Å². The fourth-order valence-electron chi connectivity index (χ4n) is 2.83. The molecule has 6 heteroatoms. The molecule has 2 N–H and O–H groups in total. The standard InChI is InChI=1S/C21H23ClN4O/c1-13-5-9-18(10-6-13)26-16(4)21(15(3)25-26)24-20(27)12-23-17-8-7-14(2)19(22)11-17/h5-11,23H,12H2,1-4H3,(H,24,27). The minimum atomic E-state index is -0.138. The molecule has 0 aliphatic carbocycles. The zero-order valence-corrected chi connectivity index (χ0v) is 16.7. The van der Waals surface area contributed by atoms with Gasteiger partial charge in [0.1, 0.15) is 0 Å². The summed E-state index contributed by atoms with van der Waals surface area (Å²) in [6, 6.07) is 13.8. The van der Waals surface area contributed by atoms with Gasteiger partial charge in [-0.25, -0.2) is 4.68 Å². The third-order valence-corrected chi connectivity index (χ3v) is 4.87. The summed E-state index contributed by atoms with van der Waals surface area (Å²) < 4.78 is 1.84. The summed E-state index contributed by atoms with van der Waals surface area (Å²) in [5.41, 5.74) is 6.38. The zero-order valence-electron chi connectivity index (χ0n) is 15.9. The highest BCUT2D eigenvalue weighted by molar-refractivity contribution is 6.31. The van der Waals surface area contributed by atoms with E-state index in [1.54, 1.807) is 0 Å². The van der Waals surface area contributed by atoms with E-state index in [-0.39, 0.29) is 12.5 Å². The van der Waals surface area contributed by atoms with Crippen LogP contribution in [0.15, 0.2) is 42.5 Å². The monoisotopic (exact) mass is 382 g/mol. The number of aromatic nitrogens is 2. The van der Waals surface area contributed by atoms with Crippen LogP contribution in [0, 0.1) is 27.7 Å². The number of aryl methyl sites for hydroxylation is 3. The van der Waals surface area contributed by atoms with Gasteiger partial charge in [0.25, 0.3) is 0 Å². The number of nitrogens with zero attached hydrogens (tertiary/aromatic N) is 2. The molecular formula is C21H23ClN4O. The molecule has 27 heavy (non-hydrogen) atoms. The van der Waals surface area contributed by atoms with Gasteiger partial charge in [-0.05, 0) is 57.5 Å². The number of nitrogens with one attached hydrogen (secondary N) is 2. The Balaban J connectivity index is 1.70. The van der Waals surface area contributed by atoms with Gasteiger partial charge in [0.2, 0.25) is 5.91 Å². The van der Waals surface area contributed by atoms with Gasteiger partial charge in [0.15, 0.2) is 0 Å². The molecule has 3 aromatic rings. The van der Waals surface area contributed by atoms with Crippen LogP contribution in [0.3, 0.4) is 0 Å². The molecule has 1 aromatic heterocycles. The molecule has 0 fully saturated rings. The molecule has 0 saturated carbocycles.